The third kappa shape index (κ3) is 1.00. The molecule has 1 aliphatic rings. The van der Waals surface area contributed by atoms with Crippen LogP contribution >= 0.6 is 0 Å². The predicted octanol–water partition coefficient (Wildman–Crippen LogP) is 2.38. The minimum atomic E-state index is 0.907. The van der Waals surface area contributed by atoms with E-state index in [2.05, 4.69) is 40.7 Å². The van der Waals surface area contributed by atoms with E-state index in [1.54, 1.807) is 0 Å². The molecule has 0 radical (unpaired) electrons. The Morgan fingerprint density at radius 2 is 2.21 bits per heavy atom. The molecule has 0 atom stereocenters. The Bertz CT molecular complexity index is 520. The average molecular weight is 184 g/mol. The molecule has 14 heavy (non-hydrogen) atoms. The molecule has 0 amide bonds. The fourth-order valence-corrected chi connectivity index (χ4v) is 2.08. The first-order valence-corrected chi connectivity index (χ1v) is 4.94. The van der Waals surface area contributed by atoms with Crippen LogP contribution in [0.5, 0.6) is 0 Å². The number of nitrogens with zero attached hydrogens (tertiary/aromatic N) is 2. The van der Waals surface area contributed by atoms with Crippen LogP contribution in [0.1, 0.15) is 11.3 Å². The largest absolute Gasteiger partial charge is 0.338 e. The first-order valence-electron chi connectivity index (χ1n) is 4.94. The summed E-state index contributed by atoms with van der Waals surface area (Å²) >= 11 is 0. The van der Waals surface area contributed by atoms with Gasteiger partial charge < -0.3 is 4.57 Å². The van der Waals surface area contributed by atoms with E-state index in [0.717, 1.165) is 13.1 Å². The lowest BCUT2D eigenvalue weighted by atomic mass is 10.2. The van der Waals surface area contributed by atoms with Crippen LogP contribution in [0.4, 0.5) is 0 Å². The molecule has 0 saturated carbocycles. The Labute approximate surface area is 82.9 Å². The van der Waals surface area contributed by atoms with Crippen molar-refractivity contribution < 1.29 is 0 Å². The van der Waals surface area contributed by atoms with Crippen LogP contribution in [0, 0.1) is 6.92 Å². The molecule has 1 aromatic heterocycles. The zero-order chi connectivity index (χ0) is 9.54. The maximum absolute atomic E-state index is 4.29. The van der Waals surface area contributed by atoms with Gasteiger partial charge in [0.2, 0.25) is 0 Å². The van der Waals surface area contributed by atoms with E-state index in [9.17, 15) is 0 Å². The van der Waals surface area contributed by atoms with Gasteiger partial charge in [-0.05, 0) is 25.1 Å². The Balaban J connectivity index is 2.37. The van der Waals surface area contributed by atoms with E-state index in [1.807, 2.05) is 6.21 Å². The van der Waals surface area contributed by atoms with Gasteiger partial charge in [-0.3, -0.25) is 4.99 Å². The number of aromatic nitrogens is 1. The molecule has 2 aromatic rings. The molecule has 0 fully saturated rings. The molecule has 2 heterocycles. The first-order chi connectivity index (χ1) is 6.84. The molecule has 1 aliphatic heterocycles. The summed E-state index contributed by atoms with van der Waals surface area (Å²) in [6, 6.07) is 8.81. The van der Waals surface area contributed by atoms with E-state index >= 15 is 0 Å². The summed E-state index contributed by atoms with van der Waals surface area (Å²) in [5.41, 5.74) is 3.88. The van der Waals surface area contributed by atoms with E-state index < -0.39 is 0 Å². The van der Waals surface area contributed by atoms with Crippen molar-refractivity contribution in [3.05, 3.63) is 35.5 Å². The van der Waals surface area contributed by atoms with Gasteiger partial charge in [-0.2, -0.15) is 0 Å². The zero-order valence-corrected chi connectivity index (χ0v) is 8.20. The highest BCUT2D eigenvalue weighted by Crippen LogP contribution is 2.21. The van der Waals surface area contributed by atoms with Crippen LogP contribution in [0.2, 0.25) is 0 Å². The molecule has 3 rings (SSSR count). The normalized spacial score (nSPS) is 14.6. The Morgan fingerprint density at radius 1 is 1.29 bits per heavy atom. The summed E-state index contributed by atoms with van der Waals surface area (Å²) in [7, 11) is 0. The molecule has 0 unspecified atom stereocenters. The summed E-state index contributed by atoms with van der Waals surface area (Å²) in [4.78, 5) is 4.29. The summed E-state index contributed by atoms with van der Waals surface area (Å²) in [6.45, 7) is 4.05. The fourth-order valence-electron chi connectivity index (χ4n) is 2.08. The Kier molecular flexibility index (Phi) is 1.51. The highest BCUT2D eigenvalue weighted by molar-refractivity contribution is 5.91. The van der Waals surface area contributed by atoms with Gasteiger partial charge >= 0.3 is 0 Å². The Morgan fingerprint density at radius 3 is 3.14 bits per heavy atom. The fraction of sp³-hybridized carbons (Fsp3) is 0.250. The van der Waals surface area contributed by atoms with Crippen LogP contribution in [0.25, 0.3) is 10.9 Å². The summed E-state index contributed by atoms with van der Waals surface area (Å²) in [5, 5.41) is 1.33. The standard InChI is InChI=1S/C12H12N2/c1-9-2-3-12-10(6-9)7-11-8-13-4-5-14(11)12/h2-3,6-8H,4-5H2,1H3. The average Bonchev–Trinajstić information content (AvgIpc) is 2.54. The molecule has 70 valence electrons. The number of benzene rings is 1. The third-order valence-electron chi connectivity index (χ3n) is 2.77. The molecular formula is C12H12N2. The van der Waals surface area contributed by atoms with Crippen molar-refractivity contribution in [3.63, 3.8) is 0 Å². The van der Waals surface area contributed by atoms with Gasteiger partial charge in [0.15, 0.2) is 0 Å². The van der Waals surface area contributed by atoms with Crippen LogP contribution < -0.4 is 0 Å². The van der Waals surface area contributed by atoms with Gasteiger partial charge in [0.25, 0.3) is 0 Å². The molecule has 2 heteroatoms. The van der Waals surface area contributed by atoms with Crippen molar-refractivity contribution in [2.75, 3.05) is 6.54 Å². The minimum Gasteiger partial charge on any atom is -0.338 e. The van der Waals surface area contributed by atoms with Crippen molar-refractivity contribution in [1.82, 2.24) is 4.57 Å². The van der Waals surface area contributed by atoms with E-state index in [0.29, 0.717) is 0 Å². The van der Waals surface area contributed by atoms with Gasteiger partial charge in [-0.1, -0.05) is 11.6 Å². The number of aliphatic imine (C=N–C) groups is 1. The lowest BCUT2D eigenvalue weighted by molar-refractivity contribution is 0.716. The number of hydrogen-bond donors (Lipinski definition) is 0. The van der Waals surface area contributed by atoms with Crippen LogP contribution in [0.15, 0.2) is 29.3 Å². The zero-order valence-electron chi connectivity index (χ0n) is 8.20. The predicted molar refractivity (Wildman–Crippen MR) is 59.1 cm³/mol. The lowest BCUT2D eigenvalue weighted by Crippen LogP contribution is -2.09. The summed E-state index contributed by atoms with van der Waals surface area (Å²) in [6.07, 6.45) is 1.97. The second-order valence-corrected chi connectivity index (χ2v) is 3.82. The smallest absolute Gasteiger partial charge is 0.0599 e. The summed E-state index contributed by atoms with van der Waals surface area (Å²) in [5.74, 6) is 0. The first kappa shape index (κ1) is 7.80. The number of rotatable bonds is 0. The van der Waals surface area contributed by atoms with Crippen LogP contribution in [-0.4, -0.2) is 17.3 Å². The van der Waals surface area contributed by atoms with Crippen molar-refractivity contribution in [3.8, 4) is 0 Å². The maximum Gasteiger partial charge on any atom is 0.0599 e. The van der Waals surface area contributed by atoms with Crippen molar-refractivity contribution in [1.29, 1.82) is 0 Å². The Hall–Kier alpha value is -1.57. The SMILES string of the molecule is Cc1ccc2c(c1)cc1n2CCN=C1. The van der Waals surface area contributed by atoms with Gasteiger partial charge in [-0.15, -0.1) is 0 Å². The van der Waals surface area contributed by atoms with E-state index in [1.165, 1.54) is 22.2 Å². The number of aryl methyl sites for hydroxylation is 1. The molecule has 2 nitrogen and oxygen atoms in total. The van der Waals surface area contributed by atoms with Crippen molar-refractivity contribution >= 4 is 17.1 Å². The molecule has 0 N–H and O–H groups in total. The van der Waals surface area contributed by atoms with Gasteiger partial charge in [-0.25, -0.2) is 0 Å². The molecule has 0 bridgehead atoms. The topological polar surface area (TPSA) is 17.3 Å². The third-order valence-corrected chi connectivity index (χ3v) is 2.77. The quantitative estimate of drug-likeness (QED) is 0.598. The van der Waals surface area contributed by atoms with E-state index in [4.69, 9.17) is 0 Å². The number of fused-ring (bicyclic) bond motifs is 3. The second kappa shape index (κ2) is 2.71. The molecular weight excluding hydrogens is 172 g/mol. The van der Waals surface area contributed by atoms with Gasteiger partial charge in [0.1, 0.15) is 0 Å². The van der Waals surface area contributed by atoms with Gasteiger partial charge in [0.05, 0.1) is 12.2 Å². The molecule has 0 aliphatic carbocycles. The molecule has 0 saturated heterocycles. The van der Waals surface area contributed by atoms with Crippen molar-refractivity contribution in [2.45, 2.75) is 13.5 Å². The van der Waals surface area contributed by atoms with Crippen LogP contribution in [0.3, 0.4) is 0 Å². The maximum atomic E-state index is 4.29. The lowest BCUT2D eigenvalue weighted by Gasteiger charge is -2.10. The van der Waals surface area contributed by atoms with Gasteiger partial charge in [0, 0.05) is 23.7 Å². The number of hydrogen-bond acceptors (Lipinski definition) is 1. The monoisotopic (exact) mass is 184 g/mol. The summed E-state index contributed by atoms with van der Waals surface area (Å²) < 4.78 is 2.34. The van der Waals surface area contributed by atoms with Crippen LogP contribution in [-0.2, 0) is 6.54 Å². The minimum absolute atomic E-state index is 0.907. The highest BCUT2D eigenvalue weighted by atomic mass is 15.0. The van der Waals surface area contributed by atoms with Crippen molar-refractivity contribution in [2.24, 2.45) is 4.99 Å². The van der Waals surface area contributed by atoms with E-state index in [-0.39, 0.29) is 0 Å². The molecule has 0 spiro atoms. The highest BCUT2D eigenvalue weighted by Gasteiger charge is 2.09. The molecule has 1 aromatic carbocycles. The second-order valence-electron chi connectivity index (χ2n) is 3.82.